The molecule has 2 aromatic heterocycles. The van der Waals surface area contributed by atoms with E-state index in [2.05, 4.69) is 22.3 Å². The first-order valence-corrected chi connectivity index (χ1v) is 11.0. The summed E-state index contributed by atoms with van der Waals surface area (Å²) >= 11 is 0. The van der Waals surface area contributed by atoms with E-state index in [9.17, 15) is 4.79 Å². The van der Waals surface area contributed by atoms with Crippen LogP contribution in [-0.2, 0) is 0 Å². The molecular formula is C26H26N2O4. The fourth-order valence-corrected chi connectivity index (χ4v) is 4.46. The van der Waals surface area contributed by atoms with Gasteiger partial charge >= 0.3 is 0 Å². The monoisotopic (exact) mass is 430 g/mol. The largest absolute Gasteiger partial charge is 0.497 e. The molecule has 3 heterocycles. The van der Waals surface area contributed by atoms with Crippen molar-refractivity contribution >= 4 is 22.6 Å². The first kappa shape index (κ1) is 20.4. The first-order chi connectivity index (χ1) is 15.7. The van der Waals surface area contributed by atoms with E-state index < -0.39 is 0 Å². The minimum absolute atomic E-state index is 0.125. The van der Waals surface area contributed by atoms with Gasteiger partial charge in [0.05, 0.1) is 25.1 Å². The minimum atomic E-state index is -0.296. The molecule has 1 atom stereocenters. The first-order valence-electron chi connectivity index (χ1n) is 11.0. The predicted octanol–water partition coefficient (Wildman–Crippen LogP) is 5.86. The van der Waals surface area contributed by atoms with Crippen molar-refractivity contribution in [2.75, 3.05) is 25.5 Å². The number of hydrogen-bond acceptors (Lipinski definition) is 5. The predicted molar refractivity (Wildman–Crippen MR) is 123 cm³/mol. The molecule has 32 heavy (non-hydrogen) atoms. The normalized spacial score (nSPS) is 15.5. The maximum absolute atomic E-state index is 12.9. The third kappa shape index (κ3) is 3.89. The Kier molecular flexibility index (Phi) is 5.69. The molecule has 0 bridgehead atoms. The Balaban J connectivity index is 1.63. The Hall–Kier alpha value is -3.51. The second-order valence-electron chi connectivity index (χ2n) is 8.04. The number of methoxy groups -OCH3 is 1. The average molecular weight is 431 g/mol. The van der Waals surface area contributed by atoms with Gasteiger partial charge in [-0.1, -0.05) is 30.7 Å². The fraction of sp³-hybridized carbons (Fsp3) is 0.269. The second-order valence-corrected chi connectivity index (χ2v) is 8.04. The van der Waals surface area contributed by atoms with Crippen LogP contribution >= 0.6 is 0 Å². The lowest BCUT2D eigenvalue weighted by molar-refractivity contribution is 0.0996. The number of carbonyl (C=O) groups excluding carboxylic acids is 1. The van der Waals surface area contributed by atoms with Gasteiger partial charge in [-0.25, -0.2) is 0 Å². The van der Waals surface area contributed by atoms with Gasteiger partial charge in [0.2, 0.25) is 0 Å². The van der Waals surface area contributed by atoms with E-state index in [4.69, 9.17) is 13.6 Å². The third-order valence-electron chi connectivity index (χ3n) is 6.04. The van der Waals surface area contributed by atoms with Gasteiger partial charge in [0.1, 0.15) is 17.1 Å². The number of anilines is 1. The number of para-hydroxylation sites is 1. The van der Waals surface area contributed by atoms with Gasteiger partial charge in [-0.15, -0.1) is 0 Å². The zero-order valence-corrected chi connectivity index (χ0v) is 18.0. The Bertz CT molecular complexity index is 1190. The molecule has 2 aromatic carbocycles. The van der Waals surface area contributed by atoms with E-state index in [-0.39, 0.29) is 17.7 Å². The van der Waals surface area contributed by atoms with E-state index in [0.29, 0.717) is 5.69 Å². The number of rotatable bonds is 6. The molecule has 0 spiro atoms. The van der Waals surface area contributed by atoms with Crippen LogP contribution in [-0.4, -0.2) is 31.0 Å². The molecule has 6 nitrogen and oxygen atoms in total. The summed E-state index contributed by atoms with van der Waals surface area (Å²) in [6.45, 7) is 1.94. The molecule has 4 aromatic rings. The van der Waals surface area contributed by atoms with Crippen LogP contribution in [0.5, 0.6) is 5.75 Å². The topological polar surface area (TPSA) is 67.8 Å². The van der Waals surface area contributed by atoms with Gasteiger partial charge in [0.25, 0.3) is 5.91 Å². The van der Waals surface area contributed by atoms with Crippen molar-refractivity contribution in [1.82, 2.24) is 4.90 Å². The van der Waals surface area contributed by atoms with Crippen LogP contribution < -0.4 is 10.1 Å². The van der Waals surface area contributed by atoms with Gasteiger partial charge in [0, 0.05) is 5.39 Å². The van der Waals surface area contributed by atoms with Gasteiger partial charge in [0.15, 0.2) is 5.76 Å². The summed E-state index contributed by atoms with van der Waals surface area (Å²) in [5, 5.41) is 3.94. The number of amides is 1. The highest BCUT2D eigenvalue weighted by Gasteiger charge is 2.31. The van der Waals surface area contributed by atoms with E-state index in [1.54, 1.807) is 19.2 Å². The molecule has 164 valence electrons. The maximum Gasteiger partial charge on any atom is 0.291 e. The lowest BCUT2D eigenvalue weighted by atomic mass is 9.98. The van der Waals surface area contributed by atoms with Crippen molar-refractivity contribution in [3.63, 3.8) is 0 Å². The quantitative estimate of drug-likeness (QED) is 0.415. The molecule has 1 saturated heterocycles. The summed E-state index contributed by atoms with van der Waals surface area (Å²) in [4.78, 5) is 15.3. The van der Waals surface area contributed by atoms with Crippen molar-refractivity contribution < 1.29 is 18.4 Å². The van der Waals surface area contributed by atoms with Crippen LogP contribution in [0.3, 0.4) is 0 Å². The van der Waals surface area contributed by atoms with Crippen molar-refractivity contribution in [3.8, 4) is 5.75 Å². The van der Waals surface area contributed by atoms with Crippen LogP contribution in [0.25, 0.3) is 11.0 Å². The number of carbonyl (C=O) groups is 1. The Morgan fingerprint density at radius 3 is 2.50 bits per heavy atom. The van der Waals surface area contributed by atoms with Crippen molar-refractivity contribution in [2.24, 2.45) is 0 Å². The van der Waals surface area contributed by atoms with Gasteiger partial charge in [-0.05, 0) is 67.9 Å². The standard InChI is InChI=1S/C26H26N2O4/c1-30-19-13-11-18(12-14-19)24(28-15-5-2-6-16-28)25-23(20-8-3-4-9-21(20)32-25)27-26(29)22-10-7-17-31-22/h3-4,7-14,17,24H,2,5-6,15-16H2,1H3,(H,27,29)/t24-/m1/s1. The molecule has 1 N–H and O–H groups in total. The van der Waals surface area contributed by atoms with Crippen molar-refractivity contribution in [3.05, 3.63) is 84.0 Å². The molecule has 0 aliphatic carbocycles. The van der Waals surface area contributed by atoms with Crippen LogP contribution in [0.4, 0.5) is 5.69 Å². The Morgan fingerprint density at radius 1 is 1.00 bits per heavy atom. The highest BCUT2D eigenvalue weighted by molar-refractivity contribution is 6.08. The van der Waals surface area contributed by atoms with E-state index in [0.717, 1.165) is 54.0 Å². The molecular weight excluding hydrogens is 404 g/mol. The molecule has 1 amide bonds. The SMILES string of the molecule is COc1ccc([C@H](c2oc3ccccc3c2NC(=O)c2ccco2)N2CCCCC2)cc1. The van der Waals surface area contributed by atoms with Gasteiger partial charge < -0.3 is 18.9 Å². The lowest BCUT2D eigenvalue weighted by Gasteiger charge is -2.34. The number of furan rings is 2. The zero-order chi connectivity index (χ0) is 21.9. The van der Waals surface area contributed by atoms with E-state index in [1.165, 1.54) is 12.7 Å². The van der Waals surface area contributed by atoms with Gasteiger partial charge in [-0.2, -0.15) is 0 Å². The number of nitrogens with one attached hydrogen (secondary N) is 1. The molecule has 1 aliphatic heterocycles. The van der Waals surface area contributed by atoms with Crippen molar-refractivity contribution in [2.45, 2.75) is 25.3 Å². The summed E-state index contributed by atoms with van der Waals surface area (Å²) in [7, 11) is 1.67. The third-order valence-corrected chi connectivity index (χ3v) is 6.04. The summed E-state index contributed by atoms with van der Waals surface area (Å²) in [6, 6.07) is 19.1. The molecule has 0 saturated carbocycles. The number of likely N-dealkylation sites (tertiary alicyclic amines) is 1. The molecule has 0 unspecified atom stereocenters. The molecule has 5 rings (SSSR count). The van der Waals surface area contributed by atoms with Crippen LogP contribution in [0, 0.1) is 0 Å². The summed E-state index contributed by atoms with van der Waals surface area (Å²) in [6.07, 6.45) is 5.01. The fourth-order valence-electron chi connectivity index (χ4n) is 4.46. The Morgan fingerprint density at radius 2 is 1.78 bits per heavy atom. The minimum Gasteiger partial charge on any atom is -0.497 e. The Labute approximate surface area is 186 Å². The average Bonchev–Trinajstić information content (AvgIpc) is 3.50. The van der Waals surface area contributed by atoms with Crippen LogP contribution in [0.15, 0.2) is 75.8 Å². The van der Waals surface area contributed by atoms with E-state index >= 15 is 0 Å². The number of hydrogen-bond donors (Lipinski definition) is 1. The second kappa shape index (κ2) is 8.93. The lowest BCUT2D eigenvalue weighted by Crippen LogP contribution is -2.34. The number of benzene rings is 2. The summed E-state index contributed by atoms with van der Waals surface area (Å²) in [5.74, 6) is 1.51. The molecule has 6 heteroatoms. The molecule has 0 radical (unpaired) electrons. The number of ether oxygens (including phenoxy) is 1. The van der Waals surface area contributed by atoms with Gasteiger partial charge in [-0.3, -0.25) is 9.69 Å². The number of nitrogens with zero attached hydrogens (tertiary/aromatic N) is 1. The van der Waals surface area contributed by atoms with Crippen LogP contribution in [0.1, 0.15) is 47.2 Å². The smallest absolute Gasteiger partial charge is 0.291 e. The summed E-state index contributed by atoms with van der Waals surface area (Å²) < 4.78 is 17.1. The maximum atomic E-state index is 12.9. The summed E-state index contributed by atoms with van der Waals surface area (Å²) in [5.41, 5.74) is 2.53. The number of fused-ring (bicyclic) bond motifs is 1. The van der Waals surface area contributed by atoms with Crippen molar-refractivity contribution in [1.29, 1.82) is 0 Å². The zero-order valence-electron chi connectivity index (χ0n) is 18.0. The highest BCUT2D eigenvalue weighted by Crippen LogP contribution is 2.41. The highest BCUT2D eigenvalue weighted by atomic mass is 16.5. The molecule has 1 fully saturated rings. The van der Waals surface area contributed by atoms with Crippen LogP contribution in [0.2, 0.25) is 0 Å². The number of piperidine rings is 1. The molecule has 1 aliphatic rings. The van der Waals surface area contributed by atoms with E-state index in [1.807, 2.05) is 36.4 Å².